The number of nitrogens with zero attached hydrogens (tertiary/aromatic N) is 1. The van der Waals surface area contributed by atoms with Crippen molar-refractivity contribution in [3.05, 3.63) is 0 Å². The minimum absolute atomic E-state index is 0.629. The van der Waals surface area contributed by atoms with Crippen molar-refractivity contribution in [3.8, 4) is 0 Å². The molecule has 0 amide bonds. The Morgan fingerprint density at radius 2 is 1.68 bits per heavy atom. The third-order valence-corrected chi connectivity index (χ3v) is 6.00. The highest BCUT2D eigenvalue weighted by atomic mass is 15.2. The van der Waals surface area contributed by atoms with Crippen molar-refractivity contribution < 1.29 is 0 Å². The van der Waals surface area contributed by atoms with Crippen molar-refractivity contribution in [2.45, 2.75) is 89.8 Å². The Kier molecular flexibility index (Phi) is 4.19. The van der Waals surface area contributed by atoms with Gasteiger partial charge in [0.15, 0.2) is 0 Å². The Morgan fingerprint density at radius 1 is 1.05 bits per heavy atom. The fourth-order valence-electron chi connectivity index (χ4n) is 4.99. The second-order valence-electron chi connectivity index (χ2n) is 7.65. The highest BCUT2D eigenvalue weighted by Gasteiger charge is 2.43. The maximum atomic E-state index is 3.69. The molecule has 1 N–H and O–H groups in total. The summed E-state index contributed by atoms with van der Waals surface area (Å²) in [5.74, 6) is 0. The lowest BCUT2D eigenvalue weighted by atomic mass is 9.74. The molecule has 3 rings (SSSR count). The van der Waals surface area contributed by atoms with E-state index in [9.17, 15) is 0 Å². The minimum atomic E-state index is 0.629. The van der Waals surface area contributed by atoms with Crippen LogP contribution in [-0.2, 0) is 0 Å². The zero-order chi connectivity index (χ0) is 13.3. The molecular formula is C17H32N2. The van der Waals surface area contributed by atoms with E-state index in [2.05, 4.69) is 24.1 Å². The van der Waals surface area contributed by atoms with Gasteiger partial charge < -0.3 is 5.32 Å². The van der Waals surface area contributed by atoms with Crippen LogP contribution >= 0.6 is 0 Å². The molecule has 19 heavy (non-hydrogen) atoms. The Morgan fingerprint density at radius 3 is 2.26 bits per heavy atom. The molecular weight excluding hydrogens is 232 g/mol. The van der Waals surface area contributed by atoms with E-state index in [4.69, 9.17) is 0 Å². The first-order valence-electron chi connectivity index (χ1n) is 8.69. The summed E-state index contributed by atoms with van der Waals surface area (Å²) < 4.78 is 0. The normalized spacial score (nSPS) is 38.5. The summed E-state index contributed by atoms with van der Waals surface area (Å²) >= 11 is 0. The molecule has 2 heterocycles. The largest absolute Gasteiger partial charge is 0.314 e. The Labute approximate surface area is 119 Å². The summed E-state index contributed by atoms with van der Waals surface area (Å²) in [4.78, 5) is 2.92. The average Bonchev–Trinajstić information content (AvgIpc) is 2.62. The molecule has 110 valence electrons. The maximum absolute atomic E-state index is 3.69. The first kappa shape index (κ1) is 13.9. The predicted octanol–water partition coefficient (Wildman–Crippen LogP) is 3.56. The fraction of sp³-hybridized carbons (Fsp3) is 1.00. The molecule has 3 aliphatic rings. The molecule has 2 saturated heterocycles. The van der Waals surface area contributed by atoms with Crippen LogP contribution in [0.4, 0.5) is 0 Å². The van der Waals surface area contributed by atoms with Crippen LogP contribution in [0.5, 0.6) is 0 Å². The van der Waals surface area contributed by atoms with Crippen LogP contribution in [0.15, 0.2) is 0 Å². The van der Waals surface area contributed by atoms with Crippen LogP contribution in [0.1, 0.15) is 71.6 Å². The third kappa shape index (κ3) is 3.00. The van der Waals surface area contributed by atoms with Gasteiger partial charge in [0.2, 0.25) is 0 Å². The van der Waals surface area contributed by atoms with Crippen LogP contribution in [0.25, 0.3) is 0 Å². The van der Waals surface area contributed by atoms with Crippen LogP contribution < -0.4 is 5.32 Å². The van der Waals surface area contributed by atoms with E-state index in [1.54, 1.807) is 0 Å². The van der Waals surface area contributed by atoms with Gasteiger partial charge in [0.25, 0.3) is 0 Å². The standard InChI is InChI=1S/C17H32N2/c1-3-18-14-11-15-7-8-16(12-14)19(15)13-17(2)9-5-4-6-10-17/h14-16,18H,3-13H2,1-2H3. The molecule has 1 saturated carbocycles. The highest BCUT2D eigenvalue weighted by Crippen LogP contribution is 2.42. The van der Waals surface area contributed by atoms with Crippen molar-refractivity contribution >= 4 is 0 Å². The summed E-state index contributed by atoms with van der Waals surface area (Å²) in [5, 5.41) is 3.69. The number of fused-ring (bicyclic) bond motifs is 2. The Bertz CT molecular complexity index is 282. The van der Waals surface area contributed by atoms with E-state index in [0.717, 1.165) is 24.7 Å². The molecule has 0 radical (unpaired) electrons. The summed E-state index contributed by atoms with van der Waals surface area (Å²) in [6.07, 6.45) is 13.1. The van der Waals surface area contributed by atoms with Gasteiger partial charge in [0.1, 0.15) is 0 Å². The van der Waals surface area contributed by atoms with Gasteiger partial charge in [-0.05, 0) is 50.5 Å². The van der Waals surface area contributed by atoms with Crippen molar-refractivity contribution in [2.75, 3.05) is 13.1 Å². The quantitative estimate of drug-likeness (QED) is 0.835. The SMILES string of the molecule is CCNC1CC2CCC(C1)N2CC1(C)CCCCC1. The molecule has 0 aromatic heterocycles. The highest BCUT2D eigenvalue weighted by molar-refractivity contribution is 4.99. The molecule has 1 aliphatic carbocycles. The Hall–Kier alpha value is -0.0800. The summed E-state index contributed by atoms with van der Waals surface area (Å²) in [5.41, 5.74) is 0.629. The van der Waals surface area contributed by atoms with Gasteiger partial charge in [-0.15, -0.1) is 0 Å². The first-order valence-corrected chi connectivity index (χ1v) is 8.69. The van der Waals surface area contributed by atoms with Crippen molar-refractivity contribution in [2.24, 2.45) is 5.41 Å². The molecule has 3 fully saturated rings. The second kappa shape index (κ2) is 5.73. The number of rotatable bonds is 4. The zero-order valence-electron chi connectivity index (χ0n) is 13.0. The van der Waals surface area contributed by atoms with E-state index in [-0.39, 0.29) is 0 Å². The van der Waals surface area contributed by atoms with Crippen molar-refractivity contribution in [1.29, 1.82) is 0 Å². The molecule has 0 spiro atoms. The summed E-state index contributed by atoms with van der Waals surface area (Å²) in [6.45, 7) is 7.34. The van der Waals surface area contributed by atoms with Gasteiger partial charge in [-0.25, -0.2) is 0 Å². The van der Waals surface area contributed by atoms with Crippen LogP contribution in [-0.4, -0.2) is 36.1 Å². The van der Waals surface area contributed by atoms with E-state index in [1.165, 1.54) is 64.3 Å². The third-order valence-electron chi connectivity index (χ3n) is 6.00. The maximum Gasteiger partial charge on any atom is 0.0114 e. The Balaban J connectivity index is 1.60. The average molecular weight is 264 g/mol. The van der Waals surface area contributed by atoms with Crippen LogP contribution in [0, 0.1) is 5.41 Å². The topological polar surface area (TPSA) is 15.3 Å². The minimum Gasteiger partial charge on any atom is -0.314 e. The number of hydrogen-bond donors (Lipinski definition) is 1. The molecule has 2 heteroatoms. The van der Waals surface area contributed by atoms with E-state index in [1.807, 2.05) is 0 Å². The molecule has 0 aromatic rings. The number of piperidine rings is 1. The number of hydrogen-bond acceptors (Lipinski definition) is 2. The summed E-state index contributed by atoms with van der Waals surface area (Å²) in [6, 6.07) is 2.58. The lowest BCUT2D eigenvalue weighted by Gasteiger charge is -2.45. The smallest absolute Gasteiger partial charge is 0.0114 e. The van der Waals surface area contributed by atoms with E-state index < -0.39 is 0 Å². The van der Waals surface area contributed by atoms with E-state index >= 15 is 0 Å². The lowest BCUT2D eigenvalue weighted by molar-refractivity contribution is 0.0499. The number of nitrogens with one attached hydrogen (secondary N) is 1. The first-order chi connectivity index (χ1) is 9.20. The van der Waals surface area contributed by atoms with Crippen molar-refractivity contribution in [3.63, 3.8) is 0 Å². The predicted molar refractivity (Wildman–Crippen MR) is 81.4 cm³/mol. The molecule has 0 aromatic carbocycles. The van der Waals surface area contributed by atoms with Crippen LogP contribution in [0.2, 0.25) is 0 Å². The van der Waals surface area contributed by atoms with Gasteiger partial charge >= 0.3 is 0 Å². The lowest BCUT2D eigenvalue weighted by Crippen LogP contribution is -2.52. The fourth-order valence-corrected chi connectivity index (χ4v) is 4.99. The van der Waals surface area contributed by atoms with Gasteiger partial charge in [-0.2, -0.15) is 0 Å². The van der Waals surface area contributed by atoms with E-state index in [0.29, 0.717) is 5.41 Å². The molecule has 2 aliphatic heterocycles. The zero-order valence-corrected chi connectivity index (χ0v) is 13.0. The van der Waals surface area contributed by atoms with Gasteiger partial charge in [0, 0.05) is 24.7 Å². The second-order valence-corrected chi connectivity index (χ2v) is 7.65. The molecule has 2 atom stereocenters. The van der Waals surface area contributed by atoms with Crippen LogP contribution in [0.3, 0.4) is 0 Å². The van der Waals surface area contributed by atoms with Gasteiger partial charge in [-0.1, -0.05) is 33.1 Å². The molecule has 2 nitrogen and oxygen atoms in total. The molecule has 2 unspecified atom stereocenters. The molecule has 2 bridgehead atoms. The van der Waals surface area contributed by atoms with Gasteiger partial charge in [0.05, 0.1) is 0 Å². The monoisotopic (exact) mass is 264 g/mol. The van der Waals surface area contributed by atoms with Crippen molar-refractivity contribution in [1.82, 2.24) is 10.2 Å². The van der Waals surface area contributed by atoms with Gasteiger partial charge in [-0.3, -0.25) is 4.90 Å². The summed E-state index contributed by atoms with van der Waals surface area (Å²) in [7, 11) is 0.